The number of aromatic amines is 2. The molecular formula is C24H18N6OS. The fourth-order valence-electron chi connectivity index (χ4n) is 3.85. The molecule has 0 radical (unpaired) electrons. The van der Waals surface area contributed by atoms with Gasteiger partial charge in [-0.2, -0.15) is 5.10 Å². The van der Waals surface area contributed by atoms with E-state index < -0.39 is 0 Å². The summed E-state index contributed by atoms with van der Waals surface area (Å²) in [5.41, 5.74) is 6.36. The molecule has 0 atom stereocenters. The maximum absolute atomic E-state index is 5.32. The third-order valence-corrected chi connectivity index (χ3v) is 6.45. The number of fused-ring (bicyclic) bond motifs is 2. The Balaban J connectivity index is 1.49. The van der Waals surface area contributed by atoms with Gasteiger partial charge in [-0.15, -0.1) is 11.3 Å². The minimum atomic E-state index is 0.703. The lowest BCUT2D eigenvalue weighted by atomic mass is 10.0. The second-order valence-corrected chi connectivity index (χ2v) is 8.79. The van der Waals surface area contributed by atoms with Gasteiger partial charge in [0.05, 0.1) is 29.2 Å². The first-order valence-corrected chi connectivity index (χ1v) is 10.9. The Labute approximate surface area is 187 Å². The number of hydrogen-bond donors (Lipinski definition) is 2. The molecule has 6 rings (SSSR count). The van der Waals surface area contributed by atoms with Crippen LogP contribution in [-0.2, 0) is 0 Å². The van der Waals surface area contributed by atoms with Gasteiger partial charge in [-0.1, -0.05) is 6.07 Å². The summed E-state index contributed by atoms with van der Waals surface area (Å²) in [7, 11) is 1.64. The number of hydrogen-bond acceptors (Lipinski definition) is 6. The van der Waals surface area contributed by atoms with Crippen LogP contribution < -0.4 is 4.74 Å². The zero-order valence-electron chi connectivity index (χ0n) is 17.4. The molecule has 0 spiro atoms. The molecule has 0 aliphatic carbocycles. The van der Waals surface area contributed by atoms with E-state index in [1.807, 2.05) is 36.7 Å². The minimum absolute atomic E-state index is 0.703. The predicted octanol–water partition coefficient (Wildman–Crippen LogP) is 5.61. The summed E-state index contributed by atoms with van der Waals surface area (Å²) < 4.78 is 5.32. The summed E-state index contributed by atoms with van der Waals surface area (Å²) in [6.07, 6.45) is 5.33. The van der Waals surface area contributed by atoms with Gasteiger partial charge in [-0.05, 0) is 48.9 Å². The van der Waals surface area contributed by atoms with Crippen LogP contribution in [0.25, 0.3) is 55.2 Å². The maximum atomic E-state index is 5.32. The number of imidazole rings is 1. The number of nitrogens with zero attached hydrogens (tertiary/aromatic N) is 4. The molecule has 0 aliphatic rings. The van der Waals surface area contributed by atoms with Crippen LogP contribution in [0.5, 0.6) is 5.75 Å². The molecule has 32 heavy (non-hydrogen) atoms. The maximum Gasteiger partial charge on any atom is 0.159 e. The zero-order chi connectivity index (χ0) is 21.7. The smallest absolute Gasteiger partial charge is 0.159 e. The second-order valence-electron chi connectivity index (χ2n) is 7.50. The van der Waals surface area contributed by atoms with Crippen LogP contribution >= 0.6 is 11.3 Å². The molecule has 156 valence electrons. The van der Waals surface area contributed by atoms with Crippen molar-refractivity contribution < 1.29 is 4.74 Å². The first kappa shape index (κ1) is 18.7. The molecule has 0 saturated heterocycles. The summed E-state index contributed by atoms with van der Waals surface area (Å²) in [4.78, 5) is 19.5. The van der Waals surface area contributed by atoms with E-state index in [1.54, 1.807) is 24.6 Å². The lowest BCUT2D eigenvalue weighted by molar-refractivity contribution is 0.413. The number of aromatic nitrogens is 6. The van der Waals surface area contributed by atoms with E-state index in [0.29, 0.717) is 5.82 Å². The van der Waals surface area contributed by atoms with Crippen molar-refractivity contribution in [2.45, 2.75) is 6.92 Å². The quantitative estimate of drug-likeness (QED) is 0.373. The summed E-state index contributed by atoms with van der Waals surface area (Å²) in [6, 6.07) is 14.3. The minimum Gasteiger partial charge on any atom is -0.495 e. The molecule has 6 aromatic rings. The van der Waals surface area contributed by atoms with Crippen LogP contribution in [0, 0.1) is 6.92 Å². The van der Waals surface area contributed by atoms with Gasteiger partial charge in [-0.3, -0.25) is 15.1 Å². The van der Waals surface area contributed by atoms with Crippen molar-refractivity contribution in [2.75, 3.05) is 7.11 Å². The van der Waals surface area contributed by atoms with Gasteiger partial charge in [-0.25, -0.2) is 4.98 Å². The van der Waals surface area contributed by atoms with E-state index in [0.717, 1.165) is 55.1 Å². The van der Waals surface area contributed by atoms with Crippen LogP contribution in [-0.4, -0.2) is 37.2 Å². The highest BCUT2D eigenvalue weighted by Crippen LogP contribution is 2.34. The Morgan fingerprint density at radius 3 is 2.72 bits per heavy atom. The summed E-state index contributed by atoms with van der Waals surface area (Å²) >= 11 is 1.71. The second kappa shape index (κ2) is 7.28. The molecule has 1 aromatic carbocycles. The standard InChI is InChI=1S/C24H18N6OS/c1-13-3-6-20(32-13)23-22-19(7-8-26-23)27-24(28-22)21-17-10-14(4-5-18(17)29-30-21)15-9-16(31-2)12-25-11-15/h3-12H,1-2H3,(H,27,28)(H,29,30). The number of aryl methyl sites for hydroxylation is 1. The summed E-state index contributed by atoms with van der Waals surface area (Å²) in [6.45, 7) is 2.09. The van der Waals surface area contributed by atoms with E-state index in [4.69, 9.17) is 9.72 Å². The highest BCUT2D eigenvalue weighted by atomic mass is 32.1. The number of nitrogens with one attached hydrogen (secondary N) is 2. The van der Waals surface area contributed by atoms with Crippen LogP contribution in [0.4, 0.5) is 0 Å². The largest absolute Gasteiger partial charge is 0.495 e. The van der Waals surface area contributed by atoms with Crippen molar-refractivity contribution in [3.05, 3.63) is 65.9 Å². The van der Waals surface area contributed by atoms with Crippen molar-refractivity contribution in [1.82, 2.24) is 30.1 Å². The molecule has 0 bridgehead atoms. The Morgan fingerprint density at radius 1 is 0.938 bits per heavy atom. The van der Waals surface area contributed by atoms with Gasteiger partial charge in [0.1, 0.15) is 22.7 Å². The van der Waals surface area contributed by atoms with Gasteiger partial charge < -0.3 is 9.72 Å². The molecule has 0 aliphatic heterocycles. The molecule has 0 fully saturated rings. The van der Waals surface area contributed by atoms with Crippen LogP contribution in [0.3, 0.4) is 0 Å². The Morgan fingerprint density at radius 2 is 1.88 bits per heavy atom. The molecule has 5 aromatic heterocycles. The van der Waals surface area contributed by atoms with Gasteiger partial charge in [0.15, 0.2) is 5.82 Å². The number of ether oxygens (including phenoxy) is 1. The van der Waals surface area contributed by atoms with E-state index in [-0.39, 0.29) is 0 Å². The van der Waals surface area contributed by atoms with E-state index in [1.165, 1.54) is 4.88 Å². The van der Waals surface area contributed by atoms with Crippen molar-refractivity contribution >= 4 is 33.3 Å². The topological polar surface area (TPSA) is 92.4 Å². The van der Waals surface area contributed by atoms with Gasteiger partial charge >= 0.3 is 0 Å². The third kappa shape index (κ3) is 3.04. The van der Waals surface area contributed by atoms with Crippen LogP contribution in [0.15, 0.2) is 61.1 Å². The Hall–Kier alpha value is -4.04. The monoisotopic (exact) mass is 438 g/mol. The zero-order valence-corrected chi connectivity index (χ0v) is 18.2. The lowest BCUT2D eigenvalue weighted by Gasteiger charge is -2.04. The summed E-state index contributed by atoms with van der Waals surface area (Å²) in [5, 5.41) is 8.65. The number of H-pyrrole nitrogens is 2. The molecule has 8 heteroatoms. The van der Waals surface area contributed by atoms with Gasteiger partial charge in [0.2, 0.25) is 0 Å². The lowest BCUT2D eigenvalue weighted by Crippen LogP contribution is -1.86. The summed E-state index contributed by atoms with van der Waals surface area (Å²) in [5.74, 6) is 1.42. The molecule has 7 nitrogen and oxygen atoms in total. The normalized spacial score (nSPS) is 11.4. The molecule has 0 amide bonds. The van der Waals surface area contributed by atoms with Crippen molar-refractivity contribution in [2.24, 2.45) is 0 Å². The first-order chi connectivity index (χ1) is 15.7. The number of pyridine rings is 2. The van der Waals surface area contributed by atoms with E-state index in [2.05, 4.69) is 50.3 Å². The molecule has 5 heterocycles. The van der Waals surface area contributed by atoms with Crippen LogP contribution in [0.1, 0.15) is 4.88 Å². The first-order valence-electron chi connectivity index (χ1n) is 10.1. The van der Waals surface area contributed by atoms with Gasteiger partial charge in [0, 0.05) is 28.2 Å². The highest BCUT2D eigenvalue weighted by Gasteiger charge is 2.17. The Kier molecular flexibility index (Phi) is 4.26. The fourth-order valence-corrected chi connectivity index (χ4v) is 4.72. The molecular weight excluding hydrogens is 420 g/mol. The van der Waals surface area contributed by atoms with Crippen molar-refractivity contribution in [1.29, 1.82) is 0 Å². The molecule has 0 unspecified atom stereocenters. The molecule has 0 saturated carbocycles. The third-order valence-electron chi connectivity index (χ3n) is 5.44. The predicted molar refractivity (Wildman–Crippen MR) is 127 cm³/mol. The Bertz CT molecular complexity index is 1600. The number of methoxy groups -OCH3 is 1. The SMILES string of the molecule is COc1cncc(-c2ccc3[nH]nc(-c4nc5c(-c6ccc(C)s6)nccc5[nH]4)c3c2)c1. The number of benzene rings is 1. The number of thiophene rings is 1. The number of rotatable bonds is 4. The average Bonchev–Trinajstić information content (AvgIpc) is 3.55. The van der Waals surface area contributed by atoms with Crippen molar-refractivity contribution in [3.63, 3.8) is 0 Å². The van der Waals surface area contributed by atoms with Gasteiger partial charge in [0.25, 0.3) is 0 Å². The average molecular weight is 439 g/mol. The van der Waals surface area contributed by atoms with Crippen LogP contribution in [0.2, 0.25) is 0 Å². The highest BCUT2D eigenvalue weighted by molar-refractivity contribution is 7.15. The van der Waals surface area contributed by atoms with Crippen molar-refractivity contribution in [3.8, 4) is 39.0 Å². The van der Waals surface area contributed by atoms with E-state index in [9.17, 15) is 0 Å². The fraction of sp³-hybridized carbons (Fsp3) is 0.0833. The van der Waals surface area contributed by atoms with E-state index >= 15 is 0 Å². The molecule has 2 N–H and O–H groups in total.